The highest BCUT2D eigenvalue weighted by atomic mass is 32.2. The largest absolute Gasteiger partial charge is 0.455 e. The van der Waals surface area contributed by atoms with E-state index in [1.54, 1.807) is 23.1 Å². The second kappa shape index (κ2) is 9.43. The van der Waals surface area contributed by atoms with Crippen LogP contribution in [-0.2, 0) is 22.7 Å². The van der Waals surface area contributed by atoms with Crippen molar-refractivity contribution in [3.05, 3.63) is 83.3 Å². The van der Waals surface area contributed by atoms with Crippen LogP contribution in [0.25, 0.3) is 0 Å². The number of nitrogens with zero attached hydrogens (tertiary/aromatic N) is 2. The van der Waals surface area contributed by atoms with Gasteiger partial charge in [0.1, 0.15) is 5.76 Å². The first-order valence-electron chi connectivity index (χ1n) is 10.5. The van der Waals surface area contributed by atoms with Gasteiger partial charge >= 0.3 is 6.18 Å². The van der Waals surface area contributed by atoms with Crippen LogP contribution in [0.1, 0.15) is 27.4 Å². The maximum Gasteiger partial charge on any atom is 0.416 e. The van der Waals surface area contributed by atoms with E-state index in [1.807, 2.05) is 36.1 Å². The number of rotatable bonds is 5. The van der Waals surface area contributed by atoms with E-state index in [-0.39, 0.29) is 17.4 Å². The van der Waals surface area contributed by atoms with Crippen molar-refractivity contribution in [1.82, 2.24) is 4.90 Å². The predicted octanol–water partition coefficient (Wildman–Crippen LogP) is 4.88. The van der Waals surface area contributed by atoms with Gasteiger partial charge < -0.3 is 14.2 Å². The second-order valence-corrected chi connectivity index (χ2v) is 9.35. The van der Waals surface area contributed by atoms with Gasteiger partial charge in [0.2, 0.25) is 0 Å². The molecule has 1 aliphatic rings. The smallest absolute Gasteiger partial charge is 0.416 e. The lowest BCUT2D eigenvalue weighted by atomic mass is 10.1. The highest BCUT2D eigenvalue weighted by Gasteiger charge is 2.31. The molecule has 0 N–H and O–H groups in total. The molecule has 4 rings (SSSR count). The molecule has 3 aromatic rings. The fraction of sp³-hybridized carbons (Fsp3) is 0.292. The zero-order valence-corrected chi connectivity index (χ0v) is 18.8. The molecule has 1 aliphatic heterocycles. The van der Waals surface area contributed by atoms with Crippen molar-refractivity contribution >= 4 is 22.4 Å². The zero-order valence-electron chi connectivity index (χ0n) is 18.0. The number of carbonyl (C=O) groups is 1. The van der Waals surface area contributed by atoms with Crippen LogP contribution in [0.5, 0.6) is 0 Å². The van der Waals surface area contributed by atoms with Gasteiger partial charge in [-0.05, 0) is 49.4 Å². The minimum absolute atomic E-state index is 0.165. The van der Waals surface area contributed by atoms with Gasteiger partial charge in [-0.1, -0.05) is 23.8 Å². The van der Waals surface area contributed by atoms with Crippen molar-refractivity contribution in [2.24, 2.45) is 0 Å². The predicted molar refractivity (Wildman–Crippen MR) is 120 cm³/mol. The van der Waals surface area contributed by atoms with Crippen LogP contribution in [0, 0.1) is 6.92 Å². The molecule has 1 amide bonds. The molecule has 2 heterocycles. The lowest BCUT2D eigenvalue weighted by molar-refractivity contribution is -0.137. The van der Waals surface area contributed by atoms with Crippen LogP contribution >= 0.6 is 0 Å². The Bertz CT molecular complexity index is 1150. The first-order chi connectivity index (χ1) is 15.7. The molecule has 0 radical (unpaired) electrons. The van der Waals surface area contributed by atoms with E-state index in [2.05, 4.69) is 0 Å². The van der Waals surface area contributed by atoms with E-state index in [1.165, 1.54) is 6.07 Å². The Morgan fingerprint density at radius 1 is 1.00 bits per heavy atom. The molecule has 1 aromatic heterocycles. The van der Waals surface area contributed by atoms with Crippen LogP contribution in [0.3, 0.4) is 0 Å². The summed E-state index contributed by atoms with van der Waals surface area (Å²) >= 11 is 0. The Morgan fingerprint density at radius 2 is 1.70 bits per heavy atom. The Labute approximate surface area is 192 Å². The summed E-state index contributed by atoms with van der Waals surface area (Å²) in [5, 5.41) is 0. The van der Waals surface area contributed by atoms with Crippen LogP contribution in [0.4, 0.5) is 18.9 Å². The first kappa shape index (κ1) is 23.1. The van der Waals surface area contributed by atoms with Gasteiger partial charge in [0.15, 0.2) is 5.76 Å². The molecule has 2 aromatic carbocycles. The van der Waals surface area contributed by atoms with E-state index in [4.69, 9.17) is 4.42 Å². The van der Waals surface area contributed by atoms with Crippen LogP contribution < -0.4 is 4.90 Å². The molecular weight excluding hydrogens is 453 g/mol. The molecule has 1 saturated heterocycles. The Kier molecular flexibility index (Phi) is 6.60. The highest BCUT2D eigenvalue weighted by molar-refractivity contribution is 7.84. The molecule has 0 spiro atoms. The minimum Gasteiger partial charge on any atom is -0.455 e. The normalized spacial score (nSPS) is 15.5. The highest BCUT2D eigenvalue weighted by Crippen LogP contribution is 2.32. The summed E-state index contributed by atoms with van der Waals surface area (Å²) in [5.41, 5.74) is 0.871. The number of furan rings is 1. The third-order valence-corrected chi connectivity index (χ3v) is 6.88. The van der Waals surface area contributed by atoms with Gasteiger partial charge in [-0.25, -0.2) is 0 Å². The lowest BCUT2D eigenvalue weighted by Crippen LogP contribution is -2.48. The first-order valence-corrected chi connectivity index (χ1v) is 11.8. The van der Waals surface area contributed by atoms with Gasteiger partial charge in [-0.15, -0.1) is 0 Å². The average Bonchev–Trinajstić information content (AvgIpc) is 3.27. The third kappa shape index (κ3) is 5.47. The van der Waals surface area contributed by atoms with E-state index in [0.29, 0.717) is 42.5 Å². The topological polar surface area (TPSA) is 53.8 Å². The number of hydrogen-bond acceptors (Lipinski definition) is 4. The molecule has 0 bridgehead atoms. The summed E-state index contributed by atoms with van der Waals surface area (Å²) in [6, 6.07) is 15.8. The van der Waals surface area contributed by atoms with Crippen molar-refractivity contribution in [2.45, 2.75) is 23.7 Å². The fourth-order valence-electron chi connectivity index (χ4n) is 3.68. The zero-order chi connectivity index (χ0) is 23.6. The summed E-state index contributed by atoms with van der Waals surface area (Å²) in [4.78, 5) is 17.0. The molecular formula is C24H23F3N2O3S. The number of anilines is 1. The van der Waals surface area contributed by atoms with E-state index >= 15 is 0 Å². The molecule has 174 valence electrons. The van der Waals surface area contributed by atoms with Crippen LogP contribution in [0.15, 0.2) is 70.0 Å². The fourth-order valence-corrected chi connectivity index (χ4v) is 4.70. The number of benzene rings is 2. The van der Waals surface area contributed by atoms with Crippen molar-refractivity contribution in [3.8, 4) is 0 Å². The number of alkyl halides is 3. The standard InChI is InChI=1S/C24H23F3N2O3S/c1-17-5-8-21(9-6-17)33(31)16-20-7-10-22(32-20)23(30)29-13-11-28(12-14-29)19-4-2-3-18(15-19)24(25,26)27/h2-10,15H,11-14,16H2,1H3/t33-/m1/s1. The number of aryl methyl sites for hydroxylation is 1. The number of amides is 1. The van der Waals surface area contributed by atoms with Crippen molar-refractivity contribution in [2.75, 3.05) is 31.1 Å². The molecule has 1 atom stereocenters. The number of hydrogen-bond donors (Lipinski definition) is 0. The Balaban J connectivity index is 1.35. The number of piperazine rings is 1. The monoisotopic (exact) mass is 476 g/mol. The average molecular weight is 477 g/mol. The van der Waals surface area contributed by atoms with Crippen molar-refractivity contribution in [3.63, 3.8) is 0 Å². The number of halogens is 3. The second-order valence-electron chi connectivity index (χ2n) is 7.90. The molecule has 0 saturated carbocycles. The molecule has 9 heteroatoms. The molecule has 33 heavy (non-hydrogen) atoms. The van der Waals surface area contributed by atoms with E-state index in [0.717, 1.165) is 17.7 Å². The molecule has 0 aliphatic carbocycles. The maximum atomic E-state index is 13.0. The Hall–Kier alpha value is -3.07. The SMILES string of the molecule is Cc1ccc([S@](=O)Cc2ccc(C(=O)N3CCN(c4cccc(C(F)(F)F)c4)CC3)o2)cc1. The quantitative estimate of drug-likeness (QED) is 0.527. The molecule has 0 unspecified atom stereocenters. The van der Waals surface area contributed by atoms with Gasteiger partial charge in [-0.2, -0.15) is 13.2 Å². The third-order valence-electron chi connectivity index (χ3n) is 5.54. The summed E-state index contributed by atoms with van der Waals surface area (Å²) in [7, 11) is -1.29. The van der Waals surface area contributed by atoms with E-state index in [9.17, 15) is 22.2 Å². The Morgan fingerprint density at radius 3 is 2.36 bits per heavy atom. The molecule has 1 fully saturated rings. The van der Waals surface area contributed by atoms with Gasteiger partial charge in [0.25, 0.3) is 5.91 Å². The van der Waals surface area contributed by atoms with Crippen LogP contribution in [0.2, 0.25) is 0 Å². The molecule has 5 nitrogen and oxygen atoms in total. The van der Waals surface area contributed by atoms with Crippen LogP contribution in [-0.4, -0.2) is 41.2 Å². The summed E-state index contributed by atoms with van der Waals surface area (Å²) in [5.74, 6) is 0.504. The summed E-state index contributed by atoms with van der Waals surface area (Å²) in [6.07, 6.45) is -4.39. The van der Waals surface area contributed by atoms with Crippen molar-refractivity contribution in [1.29, 1.82) is 0 Å². The minimum atomic E-state index is -4.39. The van der Waals surface area contributed by atoms with Crippen molar-refractivity contribution < 1.29 is 26.6 Å². The summed E-state index contributed by atoms with van der Waals surface area (Å²) < 4.78 is 57.1. The maximum absolute atomic E-state index is 13.0. The van der Waals surface area contributed by atoms with Gasteiger partial charge in [-0.3, -0.25) is 9.00 Å². The van der Waals surface area contributed by atoms with E-state index < -0.39 is 22.5 Å². The van der Waals surface area contributed by atoms with Gasteiger partial charge in [0, 0.05) is 36.8 Å². The van der Waals surface area contributed by atoms with Gasteiger partial charge in [0.05, 0.1) is 22.1 Å². The lowest BCUT2D eigenvalue weighted by Gasteiger charge is -2.36. The number of carbonyl (C=O) groups excluding carboxylic acids is 1. The summed E-state index contributed by atoms with van der Waals surface area (Å²) in [6.45, 7) is 3.51.